The van der Waals surface area contributed by atoms with E-state index in [1.807, 2.05) is 26.8 Å². The van der Waals surface area contributed by atoms with Gasteiger partial charge in [-0.15, -0.1) is 0 Å². The zero-order valence-electron chi connectivity index (χ0n) is 19.0. The number of ether oxygens (including phenoxy) is 1. The summed E-state index contributed by atoms with van der Waals surface area (Å²) >= 11 is 3.51. The van der Waals surface area contributed by atoms with Gasteiger partial charge in [0.2, 0.25) is 0 Å². The number of halogens is 1. The fourth-order valence-electron chi connectivity index (χ4n) is 3.86. The minimum atomic E-state index is -0.769. The van der Waals surface area contributed by atoms with Crippen molar-refractivity contribution in [3.8, 4) is 5.75 Å². The van der Waals surface area contributed by atoms with Gasteiger partial charge in [-0.2, -0.15) is 0 Å². The Morgan fingerprint density at radius 1 is 0.912 bits per heavy atom. The first-order valence-corrected chi connectivity index (χ1v) is 11.5. The lowest BCUT2D eigenvalue weighted by molar-refractivity contribution is -0.122. The summed E-state index contributed by atoms with van der Waals surface area (Å²) in [5.41, 5.74) is 5.19. The number of barbiturate groups is 1. The molecular formula is C27H23BrN2O4. The Bertz CT molecular complexity index is 1330. The first-order chi connectivity index (χ1) is 16.2. The Labute approximate surface area is 206 Å². The van der Waals surface area contributed by atoms with Gasteiger partial charge in [0, 0.05) is 0 Å². The van der Waals surface area contributed by atoms with Gasteiger partial charge < -0.3 is 4.74 Å². The van der Waals surface area contributed by atoms with Crippen LogP contribution >= 0.6 is 15.9 Å². The molecule has 34 heavy (non-hydrogen) atoms. The van der Waals surface area contributed by atoms with E-state index >= 15 is 0 Å². The number of benzene rings is 3. The molecule has 4 amide bonds. The average Bonchev–Trinajstić information content (AvgIpc) is 2.75. The van der Waals surface area contributed by atoms with Gasteiger partial charge in [-0.3, -0.25) is 14.9 Å². The third kappa shape index (κ3) is 5.10. The molecule has 3 aromatic rings. The predicted molar refractivity (Wildman–Crippen MR) is 135 cm³/mol. The lowest BCUT2D eigenvalue weighted by atomic mass is 10.1. The molecule has 1 aliphatic rings. The lowest BCUT2D eigenvalue weighted by Crippen LogP contribution is -2.54. The van der Waals surface area contributed by atoms with Gasteiger partial charge >= 0.3 is 6.03 Å². The van der Waals surface area contributed by atoms with Crippen molar-refractivity contribution >= 4 is 45.5 Å². The fourth-order valence-corrected chi connectivity index (χ4v) is 4.37. The molecule has 0 aromatic heterocycles. The number of imide groups is 2. The van der Waals surface area contributed by atoms with Crippen LogP contribution in [-0.2, 0) is 16.2 Å². The summed E-state index contributed by atoms with van der Waals surface area (Å²) in [5.74, 6) is -0.770. The van der Waals surface area contributed by atoms with E-state index in [4.69, 9.17) is 4.74 Å². The summed E-state index contributed by atoms with van der Waals surface area (Å²) in [4.78, 5) is 38.9. The van der Waals surface area contributed by atoms with E-state index in [2.05, 4.69) is 39.4 Å². The quantitative estimate of drug-likeness (QED) is 0.351. The second-order valence-electron chi connectivity index (χ2n) is 8.27. The van der Waals surface area contributed by atoms with Crippen LogP contribution < -0.4 is 15.0 Å². The van der Waals surface area contributed by atoms with E-state index in [1.54, 1.807) is 36.4 Å². The van der Waals surface area contributed by atoms with Gasteiger partial charge in [0.1, 0.15) is 17.9 Å². The van der Waals surface area contributed by atoms with Gasteiger partial charge in [-0.25, -0.2) is 9.69 Å². The number of urea groups is 1. The molecule has 1 saturated heterocycles. The molecular weight excluding hydrogens is 496 g/mol. The van der Waals surface area contributed by atoms with Gasteiger partial charge in [0.15, 0.2) is 0 Å². The number of nitrogens with zero attached hydrogens (tertiary/aromatic N) is 1. The minimum Gasteiger partial charge on any atom is -0.488 e. The van der Waals surface area contributed by atoms with Crippen LogP contribution in [0.2, 0.25) is 0 Å². The number of anilines is 1. The van der Waals surface area contributed by atoms with E-state index in [1.165, 1.54) is 17.2 Å². The maximum absolute atomic E-state index is 13.1. The van der Waals surface area contributed by atoms with Crippen LogP contribution in [0.5, 0.6) is 5.75 Å². The first kappa shape index (κ1) is 23.4. The van der Waals surface area contributed by atoms with E-state index < -0.39 is 17.8 Å². The summed E-state index contributed by atoms with van der Waals surface area (Å²) < 4.78 is 6.64. The average molecular weight is 519 g/mol. The summed E-state index contributed by atoms with van der Waals surface area (Å²) in [6, 6.07) is 17.8. The highest BCUT2D eigenvalue weighted by Gasteiger charge is 2.36. The van der Waals surface area contributed by atoms with Crippen molar-refractivity contribution in [3.63, 3.8) is 0 Å². The zero-order valence-corrected chi connectivity index (χ0v) is 20.6. The molecule has 1 N–H and O–H groups in total. The number of rotatable bonds is 5. The highest BCUT2D eigenvalue weighted by atomic mass is 79.9. The summed E-state index contributed by atoms with van der Waals surface area (Å²) in [6.07, 6.45) is 1.46. The Balaban J connectivity index is 1.56. The van der Waals surface area contributed by atoms with Crippen LogP contribution in [0, 0.1) is 20.8 Å². The molecule has 6 nitrogen and oxygen atoms in total. The van der Waals surface area contributed by atoms with E-state index in [9.17, 15) is 14.4 Å². The van der Waals surface area contributed by atoms with Crippen molar-refractivity contribution in [2.45, 2.75) is 27.4 Å². The molecule has 1 aliphatic heterocycles. The predicted octanol–water partition coefficient (Wildman–Crippen LogP) is 5.62. The second-order valence-corrected chi connectivity index (χ2v) is 9.13. The molecule has 1 heterocycles. The highest BCUT2D eigenvalue weighted by molar-refractivity contribution is 9.10. The van der Waals surface area contributed by atoms with Gasteiger partial charge in [-0.1, -0.05) is 47.5 Å². The Hall–Kier alpha value is -3.71. The normalized spacial score (nSPS) is 15.0. The summed E-state index contributed by atoms with van der Waals surface area (Å²) in [7, 11) is 0. The van der Waals surface area contributed by atoms with Crippen molar-refractivity contribution in [3.05, 3.63) is 98.5 Å². The van der Waals surface area contributed by atoms with Crippen LogP contribution in [0.3, 0.4) is 0 Å². The van der Waals surface area contributed by atoms with Crippen LogP contribution in [0.1, 0.15) is 27.8 Å². The molecule has 1 fully saturated rings. The van der Waals surface area contributed by atoms with Crippen molar-refractivity contribution in [1.82, 2.24) is 5.32 Å². The summed E-state index contributed by atoms with van der Waals surface area (Å²) in [5, 5.41) is 2.24. The third-order valence-electron chi connectivity index (χ3n) is 5.30. The Kier molecular flexibility index (Phi) is 6.65. The molecule has 3 aromatic carbocycles. The van der Waals surface area contributed by atoms with E-state index in [0.717, 1.165) is 16.0 Å². The third-order valence-corrected chi connectivity index (χ3v) is 5.92. The number of amides is 4. The topological polar surface area (TPSA) is 75.7 Å². The van der Waals surface area contributed by atoms with Gasteiger partial charge in [0.05, 0.1) is 10.2 Å². The summed E-state index contributed by atoms with van der Waals surface area (Å²) in [6.45, 7) is 6.37. The monoisotopic (exact) mass is 518 g/mol. The molecule has 0 atom stereocenters. The molecule has 0 saturated carbocycles. The van der Waals surface area contributed by atoms with Crippen LogP contribution in [0.15, 0.2) is 70.7 Å². The SMILES string of the molecule is Cc1cc(C)cc(COc2ccc(/C=C3\C(=O)NC(=O)N(c4cccc(C)c4)C3=O)cc2Br)c1. The van der Waals surface area contributed by atoms with E-state index in [0.29, 0.717) is 28.1 Å². The fraction of sp³-hybridized carbons (Fsp3) is 0.148. The molecule has 0 bridgehead atoms. The molecule has 4 rings (SSSR count). The molecule has 172 valence electrons. The largest absolute Gasteiger partial charge is 0.488 e. The number of carbonyl (C=O) groups excluding carboxylic acids is 3. The van der Waals surface area contributed by atoms with Crippen molar-refractivity contribution in [2.75, 3.05) is 4.90 Å². The van der Waals surface area contributed by atoms with Crippen LogP contribution in [0.4, 0.5) is 10.5 Å². The van der Waals surface area contributed by atoms with E-state index in [-0.39, 0.29) is 5.57 Å². The smallest absolute Gasteiger partial charge is 0.335 e. The maximum atomic E-state index is 13.1. The van der Waals surface area contributed by atoms with Gasteiger partial charge in [0.25, 0.3) is 11.8 Å². The molecule has 0 radical (unpaired) electrons. The number of carbonyl (C=O) groups is 3. The molecule has 7 heteroatoms. The molecule has 0 spiro atoms. The zero-order chi connectivity index (χ0) is 24.4. The van der Waals surface area contributed by atoms with Crippen LogP contribution in [-0.4, -0.2) is 17.8 Å². The highest BCUT2D eigenvalue weighted by Crippen LogP contribution is 2.29. The van der Waals surface area contributed by atoms with Crippen molar-refractivity contribution < 1.29 is 19.1 Å². The van der Waals surface area contributed by atoms with Crippen LogP contribution in [0.25, 0.3) is 6.08 Å². The first-order valence-electron chi connectivity index (χ1n) is 10.7. The maximum Gasteiger partial charge on any atom is 0.335 e. The minimum absolute atomic E-state index is 0.128. The number of hydrogen-bond donors (Lipinski definition) is 1. The number of aryl methyl sites for hydroxylation is 3. The second kappa shape index (κ2) is 9.65. The number of nitrogens with one attached hydrogen (secondary N) is 1. The lowest BCUT2D eigenvalue weighted by Gasteiger charge is -2.26. The standard InChI is InChI=1S/C27H23BrN2O4/c1-16-5-4-6-21(12-16)30-26(32)22(25(31)29-27(30)33)13-19-7-8-24(23(28)14-19)34-15-20-10-17(2)9-18(3)11-20/h4-14H,15H2,1-3H3,(H,29,31,33)/b22-13+. The Morgan fingerprint density at radius 3 is 2.32 bits per heavy atom. The molecule has 0 aliphatic carbocycles. The Morgan fingerprint density at radius 2 is 1.65 bits per heavy atom. The van der Waals surface area contributed by atoms with Gasteiger partial charge in [-0.05, 0) is 83.7 Å². The molecule has 0 unspecified atom stereocenters. The van der Waals surface area contributed by atoms with Crippen molar-refractivity contribution in [1.29, 1.82) is 0 Å². The number of hydrogen-bond acceptors (Lipinski definition) is 4. The van der Waals surface area contributed by atoms with Crippen molar-refractivity contribution in [2.24, 2.45) is 0 Å².